The quantitative estimate of drug-likeness (QED) is 0.125. The molecule has 0 saturated heterocycles. The molecule has 5 rings (SSSR count). The molecular formula is C35H34N4O3S3. The molecule has 45 heavy (non-hydrogen) atoms. The van der Waals surface area contributed by atoms with Gasteiger partial charge in [-0.2, -0.15) is 5.26 Å². The van der Waals surface area contributed by atoms with Gasteiger partial charge < -0.3 is 16.0 Å². The van der Waals surface area contributed by atoms with Crippen LogP contribution in [-0.4, -0.2) is 23.5 Å². The first kappa shape index (κ1) is 32.2. The molecule has 2 aromatic carbocycles. The first-order chi connectivity index (χ1) is 21.6. The third-order valence-electron chi connectivity index (χ3n) is 7.68. The standard InChI is InChI=1S/C35H34N4O3S3/c1-35(2,3)23-14-15-27-28(20-36)34(45-30(27)17-23)39-31(40)21-44-25-12-7-11-24(18-25)37-33(42)29(19-26-13-8-16-43-26)38-32(41)22-9-5-4-6-10-22/h4-13,16,18-19,23H,14-15,17,21H2,1-3H3,(H,37,42)(H,38,41)(H,39,40)/b29-19-. The predicted octanol–water partition coefficient (Wildman–Crippen LogP) is 7.97. The molecule has 0 radical (unpaired) electrons. The number of rotatable bonds is 9. The van der Waals surface area contributed by atoms with Crippen molar-refractivity contribution in [1.29, 1.82) is 5.26 Å². The van der Waals surface area contributed by atoms with Crippen LogP contribution in [0.5, 0.6) is 0 Å². The van der Waals surface area contributed by atoms with Crippen molar-refractivity contribution in [2.24, 2.45) is 11.3 Å². The van der Waals surface area contributed by atoms with Crippen LogP contribution >= 0.6 is 34.4 Å². The largest absolute Gasteiger partial charge is 0.321 e. The number of nitrogens with one attached hydrogen (secondary N) is 3. The van der Waals surface area contributed by atoms with Crippen LogP contribution < -0.4 is 16.0 Å². The molecule has 3 amide bonds. The maximum Gasteiger partial charge on any atom is 0.272 e. The van der Waals surface area contributed by atoms with Crippen LogP contribution in [-0.2, 0) is 22.4 Å². The Kier molecular flexibility index (Phi) is 10.2. The Morgan fingerprint density at radius 2 is 1.84 bits per heavy atom. The number of amides is 3. The van der Waals surface area contributed by atoms with Gasteiger partial charge in [0, 0.05) is 25.9 Å². The van der Waals surface area contributed by atoms with Crippen LogP contribution in [0.3, 0.4) is 0 Å². The maximum atomic E-state index is 13.3. The lowest BCUT2D eigenvalue weighted by Crippen LogP contribution is -2.30. The van der Waals surface area contributed by atoms with E-state index in [1.54, 1.807) is 48.5 Å². The van der Waals surface area contributed by atoms with Gasteiger partial charge in [-0.25, -0.2) is 0 Å². The summed E-state index contributed by atoms with van der Waals surface area (Å²) < 4.78 is 0. The van der Waals surface area contributed by atoms with Gasteiger partial charge in [0.1, 0.15) is 16.8 Å². The molecule has 1 aliphatic carbocycles. The minimum absolute atomic E-state index is 0.115. The number of thiophene rings is 2. The molecule has 1 unspecified atom stereocenters. The Bertz CT molecular complexity index is 1760. The van der Waals surface area contributed by atoms with Gasteiger partial charge >= 0.3 is 0 Å². The number of nitriles is 1. The van der Waals surface area contributed by atoms with Crippen molar-refractivity contribution < 1.29 is 14.4 Å². The molecule has 3 N–H and O–H groups in total. The fourth-order valence-electron chi connectivity index (χ4n) is 5.16. The molecule has 230 valence electrons. The van der Waals surface area contributed by atoms with Crippen LogP contribution in [0.2, 0.25) is 0 Å². The van der Waals surface area contributed by atoms with E-state index in [1.165, 1.54) is 39.3 Å². The summed E-state index contributed by atoms with van der Waals surface area (Å²) in [6.07, 6.45) is 4.48. The monoisotopic (exact) mass is 654 g/mol. The minimum atomic E-state index is -0.466. The summed E-state index contributed by atoms with van der Waals surface area (Å²) in [5, 5.41) is 21.0. The number of thioether (sulfide) groups is 1. The maximum absolute atomic E-state index is 13.3. The Morgan fingerprint density at radius 3 is 2.56 bits per heavy atom. The molecule has 1 atom stereocenters. The lowest BCUT2D eigenvalue weighted by molar-refractivity contribution is -0.114. The van der Waals surface area contributed by atoms with E-state index in [9.17, 15) is 19.6 Å². The SMILES string of the molecule is CC(C)(C)C1CCc2c(sc(NC(=O)CSc3cccc(NC(=O)/C(=C/c4cccs4)NC(=O)c4ccccc4)c3)c2C#N)C1. The molecule has 10 heteroatoms. The summed E-state index contributed by atoms with van der Waals surface area (Å²) in [6.45, 7) is 6.77. The molecule has 2 aromatic heterocycles. The zero-order valence-corrected chi connectivity index (χ0v) is 27.8. The normalized spacial score (nSPS) is 14.6. The lowest BCUT2D eigenvalue weighted by Gasteiger charge is -2.33. The second-order valence-corrected chi connectivity index (χ2v) is 15.0. The number of fused-ring (bicyclic) bond motifs is 1. The number of anilines is 2. The Morgan fingerprint density at radius 1 is 1.04 bits per heavy atom. The van der Waals surface area contributed by atoms with Crippen molar-refractivity contribution >= 4 is 68.9 Å². The fourth-order valence-corrected chi connectivity index (χ4v) is 7.87. The topological polar surface area (TPSA) is 111 Å². The number of hydrogen-bond acceptors (Lipinski definition) is 7. The predicted molar refractivity (Wildman–Crippen MR) is 185 cm³/mol. The average molecular weight is 655 g/mol. The van der Waals surface area contributed by atoms with Gasteiger partial charge in [-0.05, 0) is 84.0 Å². The van der Waals surface area contributed by atoms with Crippen molar-refractivity contribution in [3.63, 3.8) is 0 Å². The fraction of sp³-hybridized carbons (Fsp3) is 0.257. The lowest BCUT2D eigenvalue weighted by atomic mass is 9.72. The second-order valence-electron chi connectivity index (χ2n) is 11.8. The number of carbonyl (C=O) groups is 3. The molecule has 2 heterocycles. The van der Waals surface area contributed by atoms with Gasteiger partial charge in [-0.1, -0.05) is 51.1 Å². The van der Waals surface area contributed by atoms with Gasteiger partial charge in [-0.3, -0.25) is 14.4 Å². The van der Waals surface area contributed by atoms with E-state index in [2.05, 4.69) is 42.8 Å². The van der Waals surface area contributed by atoms with Crippen molar-refractivity contribution in [2.75, 3.05) is 16.4 Å². The van der Waals surface area contributed by atoms with Crippen LogP contribution in [0.25, 0.3) is 6.08 Å². The summed E-state index contributed by atoms with van der Waals surface area (Å²) >= 11 is 4.32. The minimum Gasteiger partial charge on any atom is -0.321 e. The molecular weight excluding hydrogens is 621 g/mol. The molecule has 0 bridgehead atoms. The number of nitrogens with zero attached hydrogens (tertiary/aromatic N) is 1. The highest BCUT2D eigenvalue weighted by Crippen LogP contribution is 2.44. The molecule has 0 fully saturated rings. The first-order valence-electron chi connectivity index (χ1n) is 14.6. The van der Waals surface area contributed by atoms with Gasteiger partial charge in [0.2, 0.25) is 5.91 Å². The van der Waals surface area contributed by atoms with Gasteiger partial charge in [0.15, 0.2) is 0 Å². The average Bonchev–Trinajstić information content (AvgIpc) is 3.66. The molecule has 0 saturated carbocycles. The summed E-state index contributed by atoms with van der Waals surface area (Å²) in [4.78, 5) is 41.9. The highest BCUT2D eigenvalue weighted by molar-refractivity contribution is 8.00. The van der Waals surface area contributed by atoms with E-state index < -0.39 is 5.91 Å². The highest BCUT2D eigenvalue weighted by Gasteiger charge is 2.32. The van der Waals surface area contributed by atoms with Crippen LogP contribution in [0.4, 0.5) is 10.7 Å². The summed E-state index contributed by atoms with van der Waals surface area (Å²) in [6, 6.07) is 22.0. The van der Waals surface area contributed by atoms with E-state index in [1.807, 2.05) is 29.6 Å². The van der Waals surface area contributed by atoms with Gasteiger partial charge in [0.25, 0.3) is 11.8 Å². The zero-order valence-electron chi connectivity index (χ0n) is 25.3. The molecule has 4 aromatic rings. The summed E-state index contributed by atoms with van der Waals surface area (Å²) in [7, 11) is 0. The van der Waals surface area contributed by atoms with Crippen molar-refractivity contribution in [2.45, 2.75) is 44.9 Å². The third kappa shape index (κ3) is 8.31. The van der Waals surface area contributed by atoms with Crippen LogP contribution in [0.15, 0.2) is 82.7 Å². The van der Waals surface area contributed by atoms with E-state index in [0.29, 0.717) is 27.7 Å². The Balaban J connectivity index is 1.22. The summed E-state index contributed by atoms with van der Waals surface area (Å²) in [5.41, 5.74) is 2.96. The number of carbonyl (C=O) groups excluding carboxylic acids is 3. The molecule has 0 spiro atoms. The van der Waals surface area contributed by atoms with Crippen LogP contribution in [0.1, 0.15) is 58.4 Å². The van der Waals surface area contributed by atoms with Crippen molar-refractivity contribution in [1.82, 2.24) is 5.32 Å². The van der Waals surface area contributed by atoms with E-state index >= 15 is 0 Å². The van der Waals surface area contributed by atoms with Gasteiger partial charge in [-0.15, -0.1) is 34.4 Å². The van der Waals surface area contributed by atoms with Gasteiger partial charge in [0.05, 0.1) is 11.3 Å². The van der Waals surface area contributed by atoms with E-state index in [-0.39, 0.29) is 28.7 Å². The first-order valence-corrected chi connectivity index (χ1v) is 17.3. The number of hydrogen-bond donors (Lipinski definition) is 3. The smallest absolute Gasteiger partial charge is 0.272 e. The Labute approximate surface area is 275 Å². The highest BCUT2D eigenvalue weighted by atomic mass is 32.2. The third-order valence-corrected chi connectivity index (χ3v) is 10.7. The van der Waals surface area contributed by atoms with Crippen molar-refractivity contribution in [3.05, 3.63) is 104 Å². The van der Waals surface area contributed by atoms with Crippen LogP contribution in [0, 0.1) is 22.7 Å². The number of benzene rings is 2. The molecule has 1 aliphatic rings. The van der Waals surface area contributed by atoms with E-state index in [0.717, 1.165) is 34.6 Å². The van der Waals surface area contributed by atoms with Crippen molar-refractivity contribution in [3.8, 4) is 6.07 Å². The summed E-state index contributed by atoms with van der Waals surface area (Å²) in [5.74, 6) is -0.353. The second kappa shape index (κ2) is 14.3. The molecule has 7 nitrogen and oxygen atoms in total. The zero-order chi connectivity index (χ0) is 32.0. The Hall–Kier alpha value is -4.17. The van der Waals surface area contributed by atoms with E-state index in [4.69, 9.17) is 0 Å². The molecule has 0 aliphatic heterocycles.